The minimum absolute atomic E-state index is 1.06. The van der Waals surface area contributed by atoms with E-state index in [0.29, 0.717) is 0 Å². The number of hydrogen-bond acceptors (Lipinski definition) is 3. The van der Waals surface area contributed by atoms with Crippen LogP contribution < -0.4 is 4.90 Å². The minimum Gasteiger partial charge on any atom is -0.309 e. The van der Waals surface area contributed by atoms with Crippen molar-refractivity contribution < 1.29 is 0 Å². The van der Waals surface area contributed by atoms with E-state index in [1.807, 2.05) is 17.5 Å². The monoisotopic (exact) mass is 643 g/mol. The number of thiophene rings is 1. The zero-order valence-electron chi connectivity index (χ0n) is 26.5. The van der Waals surface area contributed by atoms with Crippen LogP contribution in [0.2, 0.25) is 0 Å². The van der Waals surface area contributed by atoms with Gasteiger partial charge in [0.2, 0.25) is 0 Å². The van der Waals surface area contributed by atoms with Crippen molar-refractivity contribution in [2.24, 2.45) is 0 Å². The number of hydrogen-bond donors (Lipinski definition) is 0. The molecule has 49 heavy (non-hydrogen) atoms. The van der Waals surface area contributed by atoms with Crippen LogP contribution in [0.4, 0.5) is 17.1 Å². The van der Waals surface area contributed by atoms with Gasteiger partial charge in [-0.3, -0.25) is 4.98 Å². The number of rotatable bonds is 5. The predicted octanol–water partition coefficient (Wildman–Crippen LogP) is 12.8. The second kappa shape index (κ2) is 11.2. The Bertz CT molecular complexity index is 2820. The van der Waals surface area contributed by atoms with Gasteiger partial charge in [0, 0.05) is 50.2 Å². The van der Waals surface area contributed by atoms with Crippen LogP contribution in [0.25, 0.3) is 69.7 Å². The second-order valence-electron chi connectivity index (χ2n) is 12.4. The van der Waals surface area contributed by atoms with Crippen LogP contribution in [0, 0.1) is 0 Å². The van der Waals surface area contributed by atoms with E-state index in [-0.39, 0.29) is 0 Å². The molecule has 7 aromatic carbocycles. The van der Waals surface area contributed by atoms with Gasteiger partial charge in [-0.1, -0.05) is 121 Å². The Labute approximate surface area is 287 Å². The topological polar surface area (TPSA) is 21.1 Å². The molecule has 0 atom stereocenters. The van der Waals surface area contributed by atoms with Crippen LogP contribution >= 0.6 is 11.3 Å². The molecule has 3 aromatic heterocycles. The average molecular weight is 644 g/mol. The molecule has 0 N–H and O–H groups in total. The lowest BCUT2D eigenvalue weighted by molar-refractivity contribution is 1.18. The molecule has 230 valence electrons. The number of pyridine rings is 1. The number of para-hydroxylation sites is 2. The van der Waals surface area contributed by atoms with E-state index in [1.54, 1.807) is 0 Å². The van der Waals surface area contributed by atoms with E-state index in [2.05, 4.69) is 179 Å². The molecule has 0 amide bonds. The maximum absolute atomic E-state index is 4.99. The van der Waals surface area contributed by atoms with Gasteiger partial charge < -0.3 is 9.47 Å². The van der Waals surface area contributed by atoms with Gasteiger partial charge in [-0.15, -0.1) is 11.3 Å². The summed E-state index contributed by atoms with van der Waals surface area (Å²) in [7, 11) is 0. The Morgan fingerprint density at radius 1 is 0.469 bits per heavy atom. The van der Waals surface area contributed by atoms with Gasteiger partial charge in [0.1, 0.15) is 0 Å². The maximum atomic E-state index is 4.99. The standard InChI is InChI=1S/C45H29N3S/c1-3-12-30(13-4-1)31-22-24-34(25-23-31)47(41-21-11-19-39-43-45(49-44(39)41)36-17-8-7-14-32(36)29-46-43)35-26-27-38-37-18-9-10-20-40(37)48(42(38)28-35)33-15-5-2-6-16-33/h1-29H. The highest BCUT2D eigenvalue weighted by molar-refractivity contribution is 7.27. The van der Waals surface area contributed by atoms with E-state index in [4.69, 9.17) is 4.98 Å². The van der Waals surface area contributed by atoms with Crippen LogP contribution in [-0.4, -0.2) is 9.55 Å². The summed E-state index contributed by atoms with van der Waals surface area (Å²) in [6, 6.07) is 61.0. The zero-order valence-corrected chi connectivity index (χ0v) is 27.3. The maximum Gasteiger partial charge on any atom is 0.0895 e. The Balaban J connectivity index is 1.24. The van der Waals surface area contributed by atoms with Crippen molar-refractivity contribution in [3.63, 3.8) is 0 Å². The van der Waals surface area contributed by atoms with E-state index in [0.717, 1.165) is 33.7 Å². The summed E-state index contributed by atoms with van der Waals surface area (Å²) < 4.78 is 4.83. The number of nitrogens with zero attached hydrogens (tertiary/aromatic N) is 3. The lowest BCUT2D eigenvalue weighted by Crippen LogP contribution is -2.10. The smallest absolute Gasteiger partial charge is 0.0895 e. The van der Waals surface area contributed by atoms with Gasteiger partial charge in [-0.25, -0.2) is 0 Å². The fraction of sp³-hybridized carbons (Fsp3) is 0. The molecule has 0 unspecified atom stereocenters. The minimum atomic E-state index is 1.06. The molecule has 0 spiro atoms. The summed E-state index contributed by atoms with van der Waals surface area (Å²) in [5.74, 6) is 0. The van der Waals surface area contributed by atoms with Gasteiger partial charge in [-0.05, 0) is 59.7 Å². The summed E-state index contributed by atoms with van der Waals surface area (Å²) in [6.07, 6.45) is 2.01. The molecule has 0 saturated carbocycles. The molecule has 10 aromatic rings. The molecule has 0 saturated heterocycles. The van der Waals surface area contributed by atoms with Crippen LogP contribution in [0.15, 0.2) is 176 Å². The van der Waals surface area contributed by atoms with Gasteiger partial charge in [-0.2, -0.15) is 0 Å². The van der Waals surface area contributed by atoms with Crippen molar-refractivity contribution in [1.82, 2.24) is 9.55 Å². The van der Waals surface area contributed by atoms with Gasteiger partial charge >= 0.3 is 0 Å². The molecular weight excluding hydrogens is 615 g/mol. The first-order valence-electron chi connectivity index (χ1n) is 16.5. The fourth-order valence-corrected chi connectivity index (χ4v) is 8.64. The molecular formula is C45H29N3S. The highest BCUT2D eigenvalue weighted by atomic mass is 32.1. The van der Waals surface area contributed by atoms with Crippen molar-refractivity contribution in [1.29, 1.82) is 0 Å². The molecule has 0 radical (unpaired) electrons. The third-order valence-corrected chi connectivity index (χ3v) is 10.9. The summed E-state index contributed by atoms with van der Waals surface area (Å²) in [5.41, 5.74) is 10.3. The van der Waals surface area contributed by atoms with Gasteiger partial charge in [0.05, 0.1) is 31.6 Å². The molecule has 0 aliphatic heterocycles. The van der Waals surface area contributed by atoms with Gasteiger partial charge in [0.15, 0.2) is 0 Å². The largest absolute Gasteiger partial charge is 0.309 e. The van der Waals surface area contributed by atoms with Crippen molar-refractivity contribution in [2.45, 2.75) is 0 Å². The zero-order chi connectivity index (χ0) is 32.3. The average Bonchev–Trinajstić information content (AvgIpc) is 3.72. The summed E-state index contributed by atoms with van der Waals surface area (Å²) in [4.78, 5) is 7.41. The van der Waals surface area contributed by atoms with E-state index in [9.17, 15) is 0 Å². The Morgan fingerprint density at radius 3 is 1.96 bits per heavy atom. The Morgan fingerprint density at radius 2 is 1.12 bits per heavy atom. The lowest BCUT2D eigenvalue weighted by Gasteiger charge is -2.26. The highest BCUT2D eigenvalue weighted by Crippen LogP contribution is 2.47. The molecule has 0 aliphatic carbocycles. The molecule has 3 heterocycles. The number of fused-ring (bicyclic) bond motifs is 8. The Hall–Kier alpha value is -6.23. The number of benzene rings is 7. The normalized spacial score (nSPS) is 11.7. The summed E-state index contributed by atoms with van der Waals surface area (Å²) in [6.45, 7) is 0. The molecule has 0 aliphatic rings. The van der Waals surface area contributed by atoms with Crippen LogP contribution in [0.3, 0.4) is 0 Å². The number of anilines is 3. The van der Waals surface area contributed by atoms with Crippen LogP contribution in [-0.2, 0) is 0 Å². The quantitative estimate of drug-likeness (QED) is 0.186. The van der Waals surface area contributed by atoms with Crippen LogP contribution in [0.1, 0.15) is 0 Å². The first-order valence-corrected chi connectivity index (χ1v) is 17.4. The van der Waals surface area contributed by atoms with Crippen molar-refractivity contribution in [2.75, 3.05) is 4.90 Å². The number of aromatic nitrogens is 2. The van der Waals surface area contributed by atoms with E-state index < -0.39 is 0 Å². The fourth-order valence-electron chi connectivity index (χ4n) is 7.34. The molecule has 4 heteroatoms. The molecule has 0 bridgehead atoms. The molecule has 10 rings (SSSR count). The van der Waals surface area contributed by atoms with E-state index in [1.165, 1.54) is 53.1 Å². The van der Waals surface area contributed by atoms with Crippen LogP contribution in [0.5, 0.6) is 0 Å². The SMILES string of the molecule is c1ccc(-c2ccc(N(c3ccc4c5ccccc5n(-c5ccccc5)c4c3)c3cccc4c3sc3c5ccccc5cnc43)cc2)cc1. The molecule has 3 nitrogen and oxygen atoms in total. The third kappa shape index (κ3) is 4.46. The van der Waals surface area contributed by atoms with Gasteiger partial charge in [0.25, 0.3) is 0 Å². The van der Waals surface area contributed by atoms with Crippen molar-refractivity contribution >= 4 is 81.3 Å². The Kier molecular flexibility index (Phi) is 6.36. The predicted molar refractivity (Wildman–Crippen MR) is 209 cm³/mol. The van der Waals surface area contributed by atoms with Crippen molar-refractivity contribution in [3.05, 3.63) is 176 Å². The molecule has 0 fully saturated rings. The second-order valence-corrected chi connectivity index (χ2v) is 13.4. The summed E-state index contributed by atoms with van der Waals surface area (Å²) >= 11 is 1.83. The first-order chi connectivity index (χ1) is 24.3. The highest BCUT2D eigenvalue weighted by Gasteiger charge is 2.21. The van der Waals surface area contributed by atoms with Crippen molar-refractivity contribution in [3.8, 4) is 16.8 Å². The first kappa shape index (κ1) is 27.8. The summed E-state index contributed by atoms with van der Waals surface area (Å²) in [5, 5.41) is 6.06. The lowest BCUT2D eigenvalue weighted by atomic mass is 10.0. The third-order valence-electron chi connectivity index (χ3n) is 9.61. The van der Waals surface area contributed by atoms with E-state index >= 15 is 0 Å².